The lowest BCUT2D eigenvalue weighted by Crippen LogP contribution is -2.31. The third-order valence-corrected chi connectivity index (χ3v) is 3.67. The molecule has 103 valence electrons. The fraction of sp³-hybridized carbons (Fsp3) is 0.0526. The molecule has 0 N–H and O–H groups in total. The van der Waals surface area contributed by atoms with Crippen LogP contribution < -0.4 is 0 Å². The predicted molar refractivity (Wildman–Crippen MR) is 81.0 cm³/mol. The normalized spacial score (nSPS) is 11.3. The van der Waals surface area contributed by atoms with Crippen molar-refractivity contribution in [1.82, 2.24) is 0 Å². The summed E-state index contributed by atoms with van der Waals surface area (Å²) in [5.41, 5.74) is 1.32. The second kappa shape index (κ2) is 5.92. The Kier molecular flexibility index (Phi) is 3.82. The van der Waals surface area contributed by atoms with Crippen LogP contribution in [0.1, 0.15) is 16.7 Å². The molecule has 3 aromatic carbocycles. The lowest BCUT2D eigenvalue weighted by molar-refractivity contribution is -0.356. The first-order valence-corrected chi connectivity index (χ1v) is 6.85. The van der Waals surface area contributed by atoms with Crippen molar-refractivity contribution in [2.45, 2.75) is 5.60 Å². The SMILES string of the molecule is [O]OC(c1ccccc1)(c1ccccc1)c1ccccc1. The van der Waals surface area contributed by atoms with Crippen LogP contribution in [-0.4, -0.2) is 0 Å². The molecule has 0 heterocycles. The number of hydrogen-bond donors (Lipinski definition) is 0. The van der Waals surface area contributed by atoms with Crippen LogP contribution in [0, 0.1) is 0 Å². The Morgan fingerprint density at radius 3 is 1.05 bits per heavy atom. The van der Waals surface area contributed by atoms with Crippen LogP contribution in [0.25, 0.3) is 0 Å². The van der Waals surface area contributed by atoms with Crippen LogP contribution in [0.4, 0.5) is 0 Å². The van der Waals surface area contributed by atoms with Gasteiger partial charge in [0.1, 0.15) is 0 Å². The molecule has 0 spiro atoms. The summed E-state index contributed by atoms with van der Waals surface area (Å²) in [6.07, 6.45) is 0. The van der Waals surface area contributed by atoms with Gasteiger partial charge in [-0.2, -0.15) is 4.89 Å². The molecule has 1 radical (unpaired) electrons. The van der Waals surface area contributed by atoms with Gasteiger partial charge >= 0.3 is 0 Å². The first kappa shape index (κ1) is 13.6. The zero-order valence-corrected chi connectivity index (χ0v) is 11.5. The Labute approximate surface area is 124 Å². The molecule has 0 amide bonds. The van der Waals surface area contributed by atoms with Gasteiger partial charge < -0.3 is 0 Å². The second-order valence-electron chi connectivity index (χ2n) is 4.86. The predicted octanol–water partition coefficient (Wildman–Crippen LogP) is 4.34. The Morgan fingerprint density at radius 2 is 0.810 bits per heavy atom. The van der Waals surface area contributed by atoms with Gasteiger partial charge in [-0.25, -0.2) is 0 Å². The highest BCUT2D eigenvalue weighted by molar-refractivity contribution is 5.47. The minimum atomic E-state index is -1.14. The summed E-state index contributed by atoms with van der Waals surface area (Å²) >= 11 is 0. The largest absolute Gasteiger partial charge is 0.182 e. The van der Waals surface area contributed by atoms with Gasteiger partial charge in [0.05, 0.1) is 0 Å². The van der Waals surface area contributed by atoms with Gasteiger partial charge in [-0.15, -0.1) is 0 Å². The molecular formula is C19H15O2. The van der Waals surface area contributed by atoms with E-state index in [0.29, 0.717) is 0 Å². The summed E-state index contributed by atoms with van der Waals surface area (Å²) in [6.45, 7) is 0. The van der Waals surface area contributed by atoms with E-state index in [-0.39, 0.29) is 0 Å². The topological polar surface area (TPSA) is 29.1 Å². The molecule has 0 aliphatic heterocycles. The fourth-order valence-electron chi connectivity index (χ4n) is 2.66. The smallest absolute Gasteiger partial charge is 0.182 e. The first-order valence-electron chi connectivity index (χ1n) is 6.85. The van der Waals surface area contributed by atoms with Gasteiger partial charge in [-0.1, -0.05) is 91.0 Å². The van der Waals surface area contributed by atoms with Crippen molar-refractivity contribution in [2.24, 2.45) is 0 Å². The van der Waals surface area contributed by atoms with Crippen molar-refractivity contribution in [3.05, 3.63) is 108 Å². The van der Waals surface area contributed by atoms with E-state index in [1.165, 1.54) is 0 Å². The zero-order chi connectivity index (χ0) is 14.5. The highest BCUT2D eigenvalue weighted by Gasteiger charge is 2.38. The van der Waals surface area contributed by atoms with Crippen molar-refractivity contribution < 1.29 is 10.1 Å². The quantitative estimate of drug-likeness (QED) is 0.395. The van der Waals surface area contributed by atoms with E-state index < -0.39 is 5.60 Å². The fourth-order valence-corrected chi connectivity index (χ4v) is 2.66. The monoisotopic (exact) mass is 275 g/mol. The van der Waals surface area contributed by atoms with E-state index in [9.17, 15) is 5.26 Å². The zero-order valence-electron chi connectivity index (χ0n) is 11.5. The second-order valence-corrected chi connectivity index (χ2v) is 4.86. The van der Waals surface area contributed by atoms with Crippen LogP contribution in [-0.2, 0) is 15.7 Å². The molecule has 0 atom stereocenters. The molecule has 3 rings (SSSR count). The summed E-state index contributed by atoms with van der Waals surface area (Å²) in [6, 6.07) is 28.7. The third-order valence-electron chi connectivity index (χ3n) is 3.67. The van der Waals surface area contributed by atoms with Crippen LogP contribution in [0.15, 0.2) is 91.0 Å². The van der Waals surface area contributed by atoms with Crippen LogP contribution in [0.5, 0.6) is 0 Å². The molecule has 0 fully saturated rings. The molecular weight excluding hydrogens is 260 g/mol. The van der Waals surface area contributed by atoms with E-state index in [1.54, 1.807) is 0 Å². The maximum absolute atomic E-state index is 11.9. The Hall–Kier alpha value is -2.42. The van der Waals surface area contributed by atoms with Crippen molar-refractivity contribution in [1.29, 1.82) is 0 Å². The Balaban J connectivity index is 2.29. The lowest BCUT2D eigenvalue weighted by atomic mass is 9.80. The van der Waals surface area contributed by atoms with Gasteiger partial charge in [0.2, 0.25) is 0 Å². The standard InChI is InChI=1S/C19H15O2/c20-21-19(16-10-4-1-5-11-16,17-12-6-2-7-13-17)18-14-8-3-9-15-18/h1-15H. The minimum absolute atomic E-state index is 0.817. The molecule has 2 heteroatoms. The van der Waals surface area contributed by atoms with Crippen LogP contribution >= 0.6 is 0 Å². The molecule has 0 aliphatic carbocycles. The van der Waals surface area contributed by atoms with E-state index in [0.717, 1.165) is 16.7 Å². The van der Waals surface area contributed by atoms with Gasteiger partial charge in [-0.05, 0) is 21.9 Å². The van der Waals surface area contributed by atoms with E-state index >= 15 is 0 Å². The highest BCUT2D eigenvalue weighted by Crippen LogP contribution is 2.39. The van der Waals surface area contributed by atoms with Crippen molar-refractivity contribution in [2.75, 3.05) is 0 Å². The molecule has 3 aromatic rings. The highest BCUT2D eigenvalue weighted by atomic mass is 17.1. The number of benzene rings is 3. The van der Waals surface area contributed by atoms with Crippen molar-refractivity contribution >= 4 is 0 Å². The molecule has 0 saturated heterocycles. The Bertz CT molecular complexity index is 582. The van der Waals surface area contributed by atoms with Crippen molar-refractivity contribution in [3.8, 4) is 0 Å². The van der Waals surface area contributed by atoms with E-state index in [1.807, 2.05) is 91.0 Å². The third kappa shape index (κ3) is 2.35. The first-order chi connectivity index (χ1) is 10.4. The number of rotatable bonds is 4. The van der Waals surface area contributed by atoms with Crippen molar-refractivity contribution in [3.63, 3.8) is 0 Å². The summed E-state index contributed by atoms with van der Waals surface area (Å²) in [7, 11) is 0. The summed E-state index contributed by atoms with van der Waals surface area (Å²) in [4.78, 5) is 4.85. The number of hydrogen-bond acceptors (Lipinski definition) is 1. The molecule has 21 heavy (non-hydrogen) atoms. The van der Waals surface area contributed by atoms with Gasteiger partial charge in [0.15, 0.2) is 5.60 Å². The minimum Gasteiger partial charge on any atom is -0.182 e. The summed E-state index contributed by atoms with van der Waals surface area (Å²) in [5.74, 6) is 0. The van der Waals surface area contributed by atoms with Gasteiger partial charge in [0, 0.05) is 0 Å². The molecule has 0 aromatic heterocycles. The molecule has 0 saturated carbocycles. The maximum Gasteiger partial charge on any atom is 0.182 e. The average Bonchev–Trinajstić information content (AvgIpc) is 2.59. The van der Waals surface area contributed by atoms with Gasteiger partial charge in [-0.3, -0.25) is 0 Å². The lowest BCUT2D eigenvalue weighted by Gasteiger charge is -2.31. The molecule has 0 aliphatic rings. The average molecular weight is 275 g/mol. The van der Waals surface area contributed by atoms with E-state index in [2.05, 4.69) is 0 Å². The van der Waals surface area contributed by atoms with Crippen LogP contribution in [0.3, 0.4) is 0 Å². The molecule has 0 unspecified atom stereocenters. The Morgan fingerprint density at radius 1 is 0.524 bits per heavy atom. The summed E-state index contributed by atoms with van der Waals surface area (Å²) in [5, 5.41) is 11.9. The maximum atomic E-state index is 11.9. The summed E-state index contributed by atoms with van der Waals surface area (Å²) < 4.78 is 0. The van der Waals surface area contributed by atoms with Crippen LogP contribution in [0.2, 0.25) is 0 Å². The molecule has 0 bridgehead atoms. The van der Waals surface area contributed by atoms with E-state index in [4.69, 9.17) is 4.89 Å². The molecule has 2 nitrogen and oxygen atoms in total. The van der Waals surface area contributed by atoms with Gasteiger partial charge in [0.25, 0.3) is 0 Å².